The van der Waals surface area contributed by atoms with E-state index in [4.69, 9.17) is 4.74 Å². The van der Waals surface area contributed by atoms with Crippen LogP contribution in [0.2, 0.25) is 0 Å². The Hall–Kier alpha value is -1.91. The SMILES string of the molecule is COc1c(O)cc(OC(C)=O)cc1O. The Balaban J connectivity index is 3.07. The second-order valence-corrected chi connectivity index (χ2v) is 2.59. The van der Waals surface area contributed by atoms with Crippen molar-refractivity contribution in [3.05, 3.63) is 12.1 Å². The molecular weight excluding hydrogens is 188 g/mol. The molecule has 0 unspecified atom stereocenters. The van der Waals surface area contributed by atoms with Crippen LogP contribution >= 0.6 is 0 Å². The van der Waals surface area contributed by atoms with Crippen LogP contribution in [0.4, 0.5) is 0 Å². The number of hydrogen-bond donors (Lipinski definition) is 2. The van der Waals surface area contributed by atoms with Crippen molar-refractivity contribution in [3.8, 4) is 23.0 Å². The predicted molar refractivity (Wildman–Crippen MR) is 47.6 cm³/mol. The van der Waals surface area contributed by atoms with Crippen LogP contribution in [-0.2, 0) is 4.79 Å². The normalized spacial score (nSPS) is 9.57. The molecule has 0 aliphatic rings. The first-order chi connectivity index (χ1) is 6.54. The Bertz CT molecular complexity index is 335. The third-order valence-corrected chi connectivity index (χ3v) is 1.49. The van der Waals surface area contributed by atoms with E-state index in [9.17, 15) is 15.0 Å². The van der Waals surface area contributed by atoms with Gasteiger partial charge in [0.25, 0.3) is 0 Å². The van der Waals surface area contributed by atoms with Gasteiger partial charge in [0.2, 0.25) is 5.75 Å². The first kappa shape index (κ1) is 10.2. The van der Waals surface area contributed by atoms with E-state index >= 15 is 0 Å². The summed E-state index contributed by atoms with van der Waals surface area (Å²) in [5, 5.41) is 18.6. The maximum Gasteiger partial charge on any atom is 0.308 e. The molecule has 0 saturated carbocycles. The third-order valence-electron chi connectivity index (χ3n) is 1.49. The molecular formula is C9H10O5. The summed E-state index contributed by atoms with van der Waals surface area (Å²) in [5.41, 5.74) is 0. The number of phenols is 2. The van der Waals surface area contributed by atoms with Gasteiger partial charge in [-0.2, -0.15) is 0 Å². The van der Waals surface area contributed by atoms with Crippen LogP contribution in [0.1, 0.15) is 6.92 Å². The van der Waals surface area contributed by atoms with E-state index in [0.717, 1.165) is 0 Å². The summed E-state index contributed by atoms with van der Waals surface area (Å²) < 4.78 is 9.36. The first-order valence-electron chi connectivity index (χ1n) is 3.83. The first-order valence-corrected chi connectivity index (χ1v) is 3.83. The number of esters is 1. The fourth-order valence-corrected chi connectivity index (χ4v) is 1.01. The molecule has 76 valence electrons. The standard InChI is InChI=1S/C9H10O5/c1-5(10)14-6-3-7(11)9(13-2)8(12)4-6/h3-4,11-12H,1-2H3. The van der Waals surface area contributed by atoms with Gasteiger partial charge in [0.1, 0.15) is 5.75 Å². The lowest BCUT2D eigenvalue weighted by Gasteiger charge is -2.07. The molecule has 1 aromatic carbocycles. The summed E-state index contributed by atoms with van der Waals surface area (Å²) >= 11 is 0. The second-order valence-electron chi connectivity index (χ2n) is 2.59. The van der Waals surface area contributed by atoms with Crippen molar-refractivity contribution in [1.29, 1.82) is 0 Å². The molecule has 0 saturated heterocycles. The lowest BCUT2D eigenvalue weighted by molar-refractivity contribution is -0.131. The van der Waals surface area contributed by atoms with Crippen LogP contribution in [0.25, 0.3) is 0 Å². The number of hydrogen-bond acceptors (Lipinski definition) is 5. The summed E-state index contributed by atoms with van der Waals surface area (Å²) in [6.07, 6.45) is 0. The van der Waals surface area contributed by atoms with E-state index in [-0.39, 0.29) is 23.0 Å². The minimum absolute atomic E-state index is 0.0547. The number of aromatic hydroxyl groups is 2. The van der Waals surface area contributed by atoms with Gasteiger partial charge in [-0.3, -0.25) is 4.79 Å². The monoisotopic (exact) mass is 198 g/mol. The number of carbonyl (C=O) groups is 1. The van der Waals surface area contributed by atoms with Gasteiger partial charge >= 0.3 is 5.97 Å². The number of benzene rings is 1. The van der Waals surface area contributed by atoms with Crippen LogP contribution in [-0.4, -0.2) is 23.3 Å². The molecule has 0 spiro atoms. The van der Waals surface area contributed by atoms with Gasteiger partial charge in [-0.1, -0.05) is 0 Å². The molecule has 1 rings (SSSR count). The van der Waals surface area contributed by atoms with Gasteiger partial charge in [0, 0.05) is 19.1 Å². The van der Waals surface area contributed by atoms with Crippen molar-refractivity contribution >= 4 is 5.97 Å². The average Bonchev–Trinajstić information content (AvgIpc) is 2.01. The van der Waals surface area contributed by atoms with Crippen LogP contribution < -0.4 is 9.47 Å². The summed E-state index contributed by atoms with van der Waals surface area (Å²) in [6, 6.07) is 2.36. The molecule has 0 aliphatic carbocycles. The van der Waals surface area contributed by atoms with Crippen molar-refractivity contribution in [2.75, 3.05) is 7.11 Å². The number of ether oxygens (including phenoxy) is 2. The third kappa shape index (κ3) is 2.07. The molecule has 14 heavy (non-hydrogen) atoms. The largest absolute Gasteiger partial charge is 0.504 e. The van der Waals surface area contributed by atoms with Gasteiger partial charge in [-0.25, -0.2) is 0 Å². The van der Waals surface area contributed by atoms with E-state index in [1.165, 1.54) is 26.2 Å². The molecule has 0 fully saturated rings. The topological polar surface area (TPSA) is 76.0 Å². The van der Waals surface area contributed by atoms with Crippen LogP contribution in [0, 0.1) is 0 Å². The highest BCUT2D eigenvalue weighted by atomic mass is 16.5. The van der Waals surface area contributed by atoms with E-state index in [2.05, 4.69) is 4.74 Å². The molecule has 5 nitrogen and oxygen atoms in total. The van der Waals surface area contributed by atoms with E-state index in [1.54, 1.807) is 0 Å². The molecule has 0 atom stereocenters. The second kappa shape index (κ2) is 3.87. The molecule has 0 aromatic heterocycles. The zero-order valence-corrected chi connectivity index (χ0v) is 7.77. The van der Waals surface area contributed by atoms with E-state index < -0.39 is 5.97 Å². The Kier molecular flexibility index (Phi) is 2.81. The number of methoxy groups -OCH3 is 1. The Morgan fingerprint density at radius 3 is 2.14 bits per heavy atom. The maximum atomic E-state index is 10.6. The molecule has 1 aromatic rings. The van der Waals surface area contributed by atoms with Gasteiger partial charge < -0.3 is 19.7 Å². The molecule has 0 aliphatic heterocycles. The molecule has 0 amide bonds. The predicted octanol–water partition coefficient (Wildman–Crippen LogP) is 1.03. The van der Waals surface area contributed by atoms with Crippen LogP contribution in [0.15, 0.2) is 12.1 Å². The molecule has 0 bridgehead atoms. The minimum Gasteiger partial charge on any atom is -0.504 e. The summed E-state index contributed by atoms with van der Waals surface area (Å²) in [4.78, 5) is 10.6. The number of rotatable bonds is 2. The van der Waals surface area contributed by atoms with Gasteiger partial charge in [-0.05, 0) is 0 Å². The zero-order chi connectivity index (χ0) is 10.7. The Morgan fingerprint density at radius 2 is 1.79 bits per heavy atom. The summed E-state index contributed by atoms with van der Waals surface area (Å²) in [6.45, 7) is 1.22. The Labute approximate surface area is 80.5 Å². The van der Waals surface area contributed by atoms with Crippen molar-refractivity contribution < 1.29 is 24.5 Å². The smallest absolute Gasteiger partial charge is 0.308 e. The average molecular weight is 198 g/mol. The molecule has 2 N–H and O–H groups in total. The highest BCUT2D eigenvalue weighted by molar-refractivity contribution is 5.70. The van der Waals surface area contributed by atoms with Gasteiger partial charge in [-0.15, -0.1) is 0 Å². The van der Waals surface area contributed by atoms with Crippen molar-refractivity contribution in [1.82, 2.24) is 0 Å². The summed E-state index contributed by atoms with van der Waals surface area (Å²) in [7, 11) is 1.31. The maximum absolute atomic E-state index is 10.6. The number of carbonyl (C=O) groups excluding carboxylic acids is 1. The molecule has 0 radical (unpaired) electrons. The van der Waals surface area contributed by atoms with Crippen molar-refractivity contribution in [3.63, 3.8) is 0 Å². The quantitative estimate of drug-likeness (QED) is 0.548. The highest BCUT2D eigenvalue weighted by Crippen LogP contribution is 2.39. The zero-order valence-electron chi connectivity index (χ0n) is 7.77. The van der Waals surface area contributed by atoms with Crippen LogP contribution in [0.5, 0.6) is 23.0 Å². The lowest BCUT2D eigenvalue weighted by Crippen LogP contribution is -2.01. The van der Waals surface area contributed by atoms with Crippen molar-refractivity contribution in [2.45, 2.75) is 6.92 Å². The van der Waals surface area contributed by atoms with E-state index in [0.29, 0.717) is 0 Å². The van der Waals surface area contributed by atoms with Crippen LogP contribution in [0.3, 0.4) is 0 Å². The van der Waals surface area contributed by atoms with Gasteiger partial charge in [0.15, 0.2) is 11.5 Å². The summed E-state index contributed by atoms with van der Waals surface area (Å²) in [5.74, 6) is -1.10. The Morgan fingerprint density at radius 1 is 1.29 bits per heavy atom. The minimum atomic E-state index is -0.533. The fourth-order valence-electron chi connectivity index (χ4n) is 1.01. The molecule has 0 heterocycles. The van der Waals surface area contributed by atoms with E-state index in [1.807, 2.05) is 0 Å². The van der Waals surface area contributed by atoms with Crippen molar-refractivity contribution in [2.24, 2.45) is 0 Å². The number of phenolic OH excluding ortho intramolecular Hbond substituents is 2. The highest BCUT2D eigenvalue weighted by Gasteiger charge is 2.11. The van der Waals surface area contributed by atoms with Gasteiger partial charge in [0.05, 0.1) is 7.11 Å². The fraction of sp³-hybridized carbons (Fsp3) is 0.222. The lowest BCUT2D eigenvalue weighted by atomic mass is 10.3. The molecule has 5 heteroatoms.